The number of ether oxygens (including phenoxy) is 1. The Hall–Kier alpha value is -0.750. The largest absolute Gasteiger partial charge is 0.380 e. The van der Waals surface area contributed by atoms with Crippen LogP contribution < -0.4 is 0 Å². The molecular formula is C16H28N2O3S. The summed E-state index contributed by atoms with van der Waals surface area (Å²) in [6.07, 6.45) is 2.59. The molecule has 2 amide bonds. The molecule has 5 nitrogen and oxygen atoms in total. The number of methoxy groups -OCH3 is 1. The highest BCUT2D eigenvalue weighted by Gasteiger charge is 2.39. The molecule has 0 aliphatic carbocycles. The summed E-state index contributed by atoms with van der Waals surface area (Å²) in [5.41, 5.74) is -0.0514. The van der Waals surface area contributed by atoms with Gasteiger partial charge in [0.1, 0.15) is 6.04 Å². The molecule has 2 heterocycles. The van der Waals surface area contributed by atoms with Crippen LogP contribution in [0.25, 0.3) is 0 Å². The quantitative estimate of drug-likeness (QED) is 0.795. The number of carbonyl (C=O) groups excluding carboxylic acids is 2. The van der Waals surface area contributed by atoms with Crippen molar-refractivity contribution in [3.63, 3.8) is 0 Å². The van der Waals surface area contributed by atoms with Crippen LogP contribution >= 0.6 is 11.8 Å². The van der Waals surface area contributed by atoms with Gasteiger partial charge in [-0.05, 0) is 18.3 Å². The second kappa shape index (κ2) is 7.21. The van der Waals surface area contributed by atoms with Crippen molar-refractivity contribution in [2.45, 2.75) is 52.2 Å². The Balaban J connectivity index is 2.00. The fourth-order valence-electron chi connectivity index (χ4n) is 2.99. The molecule has 126 valence electrons. The molecule has 0 aromatic rings. The van der Waals surface area contributed by atoms with Gasteiger partial charge in [0, 0.05) is 32.4 Å². The lowest BCUT2D eigenvalue weighted by atomic mass is 9.91. The van der Waals surface area contributed by atoms with Gasteiger partial charge in [-0.3, -0.25) is 9.59 Å². The zero-order valence-electron chi connectivity index (χ0n) is 14.1. The monoisotopic (exact) mass is 328 g/mol. The molecule has 22 heavy (non-hydrogen) atoms. The average Bonchev–Trinajstić information content (AvgIpc) is 2.94. The maximum atomic E-state index is 12.8. The number of nitrogens with zero attached hydrogens (tertiary/aromatic N) is 2. The number of rotatable bonds is 3. The molecule has 0 unspecified atom stereocenters. The van der Waals surface area contributed by atoms with Crippen LogP contribution in [0.3, 0.4) is 0 Å². The molecule has 0 radical (unpaired) electrons. The summed E-state index contributed by atoms with van der Waals surface area (Å²) in [6, 6.07) is -0.296. The molecular weight excluding hydrogens is 300 g/mol. The smallest absolute Gasteiger partial charge is 0.246 e. The summed E-state index contributed by atoms with van der Waals surface area (Å²) >= 11 is 1.67. The number of piperidine rings is 1. The van der Waals surface area contributed by atoms with Gasteiger partial charge in [0.25, 0.3) is 0 Å². The molecule has 0 bridgehead atoms. The van der Waals surface area contributed by atoms with Gasteiger partial charge in [-0.15, -0.1) is 11.8 Å². The summed E-state index contributed by atoms with van der Waals surface area (Å²) in [5, 5.41) is 0. The van der Waals surface area contributed by atoms with Crippen molar-refractivity contribution in [1.82, 2.24) is 9.80 Å². The molecule has 2 aliphatic heterocycles. The number of thioether (sulfide) groups is 1. The number of carbonyl (C=O) groups is 2. The van der Waals surface area contributed by atoms with Gasteiger partial charge in [-0.2, -0.15) is 0 Å². The number of hydrogen-bond acceptors (Lipinski definition) is 4. The van der Waals surface area contributed by atoms with E-state index in [0.29, 0.717) is 24.6 Å². The van der Waals surface area contributed by atoms with E-state index in [2.05, 4.69) is 20.8 Å². The van der Waals surface area contributed by atoms with E-state index < -0.39 is 0 Å². The molecule has 2 fully saturated rings. The highest BCUT2D eigenvalue weighted by molar-refractivity contribution is 7.99. The summed E-state index contributed by atoms with van der Waals surface area (Å²) < 4.78 is 5.39. The maximum Gasteiger partial charge on any atom is 0.246 e. The van der Waals surface area contributed by atoms with E-state index in [0.717, 1.165) is 19.4 Å². The first-order valence-electron chi connectivity index (χ1n) is 8.00. The van der Waals surface area contributed by atoms with Crippen molar-refractivity contribution in [3.8, 4) is 0 Å². The molecule has 0 spiro atoms. The molecule has 0 aromatic carbocycles. The highest BCUT2D eigenvalue weighted by atomic mass is 32.2. The molecule has 6 heteroatoms. The third-order valence-corrected chi connectivity index (χ3v) is 5.20. The Bertz CT molecular complexity index is 422. The Morgan fingerprint density at radius 2 is 2.05 bits per heavy atom. The first kappa shape index (κ1) is 17.6. The van der Waals surface area contributed by atoms with Crippen LogP contribution in [0.5, 0.6) is 0 Å². The Morgan fingerprint density at radius 1 is 1.32 bits per heavy atom. The topological polar surface area (TPSA) is 49.9 Å². The third-order valence-electron chi connectivity index (χ3n) is 4.19. The minimum atomic E-state index is -0.296. The van der Waals surface area contributed by atoms with Crippen LogP contribution in [0.1, 0.15) is 40.0 Å². The number of amides is 2. The fraction of sp³-hybridized carbons (Fsp3) is 0.875. The van der Waals surface area contributed by atoms with Crippen LogP contribution in [0.4, 0.5) is 0 Å². The van der Waals surface area contributed by atoms with Crippen molar-refractivity contribution in [1.29, 1.82) is 0 Å². The molecule has 2 atom stereocenters. The molecule has 0 saturated carbocycles. The number of hydrogen-bond donors (Lipinski definition) is 0. The Labute approximate surface area is 137 Å². The van der Waals surface area contributed by atoms with E-state index in [9.17, 15) is 9.59 Å². The first-order valence-corrected chi connectivity index (χ1v) is 9.16. The van der Waals surface area contributed by atoms with Crippen molar-refractivity contribution in [3.05, 3.63) is 0 Å². The average molecular weight is 328 g/mol. The van der Waals surface area contributed by atoms with Crippen molar-refractivity contribution in [2.75, 3.05) is 31.8 Å². The zero-order valence-corrected chi connectivity index (χ0v) is 14.9. The lowest BCUT2D eigenvalue weighted by Crippen LogP contribution is -2.52. The van der Waals surface area contributed by atoms with Gasteiger partial charge >= 0.3 is 0 Å². The minimum absolute atomic E-state index is 0.0514. The lowest BCUT2D eigenvalue weighted by molar-refractivity contribution is -0.146. The van der Waals surface area contributed by atoms with E-state index in [1.807, 2.05) is 4.90 Å². The Morgan fingerprint density at radius 3 is 2.68 bits per heavy atom. The van der Waals surface area contributed by atoms with Crippen LogP contribution in [-0.2, 0) is 14.3 Å². The second-order valence-corrected chi connectivity index (χ2v) is 8.40. The van der Waals surface area contributed by atoms with Gasteiger partial charge in [0.05, 0.1) is 12.0 Å². The Kier molecular flexibility index (Phi) is 5.77. The predicted molar refractivity (Wildman–Crippen MR) is 88.6 cm³/mol. The van der Waals surface area contributed by atoms with Crippen molar-refractivity contribution < 1.29 is 14.3 Å². The molecule has 2 rings (SSSR count). The summed E-state index contributed by atoms with van der Waals surface area (Å²) in [4.78, 5) is 29.0. The summed E-state index contributed by atoms with van der Waals surface area (Å²) in [6.45, 7) is 7.59. The van der Waals surface area contributed by atoms with Gasteiger partial charge in [0.2, 0.25) is 11.8 Å². The van der Waals surface area contributed by atoms with Crippen LogP contribution in [0, 0.1) is 5.41 Å². The minimum Gasteiger partial charge on any atom is -0.380 e. The molecule has 2 saturated heterocycles. The van der Waals surface area contributed by atoms with Crippen LogP contribution in [0.15, 0.2) is 0 Å². The van der Waals surface area contributed by atoms with Gasteiger partial charge in [-0.1, -0.05) is 20.8 Å². The van der Waals surface area contributed by atoms with E-state index in [1.165, 1.54) is 0 Å². The standard InChI is InChI=1S/C16H28N2O3S/c1-16(2,3)8-14(19)18-11-22-10-13(18)15(20)17-7-5-6-12(9-17)21-4/h12-13H,5-11H2,1-4H3/t12-,13+/m0/s1. The van der Waals surface area contributed by atoms with E-state index in [1.54, 1.807) is 23.8 Å². The van der Waals surface area contributed by atoms with Gasteiger partial charge in [0.15, 0.2) is 0 Å². The van der Waals surface area contributed by atoms with E-state index >= 15 is 0 Å². The second-order valence-electron chi connectivity index (χ2n) is 7.40. The third kappa shape index (κ3) is 4.38. The van der Waals surface area contributed by atoms with E-state index in [-0.39, 0.29) is 29.4 Å². The van der Waals surface area contributed by atoms with Crippen LogP contribution in [0.2, 0.25) is 0 Å². The van der Waals surface area contributed by atoms with Crippen molar-refractivity contribution >= 4 is 23.6 Å². The summed E-state index contributed by atoms with van der Waals surface area (Å²) in [5.74, 6) is 1.53. The molecule has 0 N–H and O–H groups in total. The first-order chi connectivity index (χ1) is 10.3. The van der Waals surface area contributed by atoms with Crippen molar-refractivity contribution in [2.24, 2.45) is 5.41 Å². The zero-order chi connectivity index (χ0) is 16.3. The maximum absolute atomic E-state index is 12.8. The summed E-state index contributed by atoms with van der Waals surface area (Å²) in [7, 11) is 1.70. The fourth-order valence-corrected chi connectivity index (χ4v) is 4.16. The molecule has 0 aromatic heterocycles. The normalized spacial score (nSPS) is 26.4. The SMILES string of the molecule is CO[C@H]1CCCN(C(=O)[C@H]2CSCN2C(=O)CC(C)(C)C)C1. The van der Waals surface area contributed by atoms with E-state index in [4.69, 9.17) is 4.74 Å². The number of likely N-dealkylation sites (tertiary alicyclic amines) is 1. The predicted octanol–water partition coefficient (Wildman–Crippen LogP) is 1.96. The van der Waals surface area contributed by atoms with Crippen LogP contribution in [-0.4, -0.2) is 65.6 Å². The van der Waals surface area contributed by atoms with Gasteiger partial charge < -0.3 is 14.5 Å². The lowest BCUT2D eigenvalue weighted by Gasteiger charge is -2.35. The highest BCUT2D eigenvalue weighted by Crippen LogP contribution is 2.28. The van der Waals surface area contributed by atoms with Gasteiger partial charge in [-0.25, -0.2) is 0 Å². The molecule has 2 aliphatic rings.